The van der Waals surface area contributed by atoms with Gasteiger partial charge in [0.25, 0.3) is 11.7 Å². The van der Waals surface area contributed by atoms with E-state index in [0.717, 1.165) is 16.8 Å². The first kappa shape index (κ1) is 27.8. The van der Waals surface area contributed by atoms with Crippen LogP contribution in [-0.2, 0) is 15.0 Å². The Hall–Kier alpha value is -4.26. The van der Waals surface area contributed by atoms with Gasteiger partial charge in [0.05, 0.1) is 18.2 Å². The van der Waals surface area contributed by atoms with E-state index in [1.807, 2.05) is 56.3 Å². The van der Waals surface area contributed by atoms with Crippen molar-refractivity contribution in [1.82, 2.24) is 0 Å². The molecule has 7 heteroatoms. The second-order valence-corrected chi connectivity index (χ2v) is 11.0. The minimum atomic E-state index is -0.937. The number of hydrogen-bond donors (Lipinski definition) is 2. The van der Waals surface area contributed by atoms with Crippen molar-refractivity contribution >= 4 is 28.8 Å². The van der Waals surface area contributed by atoms with E-state index in [4.69, 9.17) is 4.74 Å². The molecule has 1 amide bonds. The highest BCUT2D eigenvalue weighted by Gasteiger charge is 2.47. The van der Waals surface area contributed by atoms with Crippen LogP contribution in [0.4, 0.5) is 11.4 Å². The Bertz CT molecular complexity index is 1450. The number of benzene rings is 3. The number of phenolic OH excluding ortho intramolecular Hbond substituents is 1. The molecule has 0 spiro atoms. The number of aliphatic hydroxyl groups is 1. The molecule has 0 radical (unpaired) electrons. The number of ether oxygens (including phenoxy) is 1. The summed E-state index contributed by atoms with van der Waals surface area (Å²) in [5, 5.41) is 22.0. The van der Waals surface area contributed by atoms with Crippen LogP contribution in [-0.4, -0.2) is 42.6 Å². The molecule has 0 bridgehead atoms. The number of carbonyl (C=O) groups excluding carboxylic acids is 2. The first-order chi connectivity index (χ1) is 18.3. The summed E-state index contributed by atoms with van der Waals surface area (Å²) in [6.07, 6.45) is 0. The summed E-state index contributed by atoms with van der Waals surface area (Å²) < 4.78 is 5.60. The predicted octanol–water partition coefficient (Wildman–Crippen LogP) is 6.09. The number of hydrogen-bond acceptors (Lipinski definition) is 6. The lowest BCUT2D eigenvalue weighted by molar-refractivity contribution is -0.132. The number of ketones is 1. The van der Waals surface area contributed by atoms with E-state index in [2.05, 4.69) is 20.8 Å². The van der Waals surface area contributed by atoms with Crippen LogP contribution in [0.15, 0.2) is 66.2 Å². The lowest BCUT2D eigenvalue weighted by Gasteiger charge is -2.27. The van der Waals surface area contributed by atoms with Crippen molar-refractivity contribution in [2.24, 2.45) is 0 Å². The Morgan fingerprint density at radius 1 is 1.00 bits per heavy atom. The first-order valence-corrected chi connectivity index (χ1v) is 13.0. The molecule has 204 valence electrons. The van der Waals surface area contributed by atoms with E-state index in [9.17, 15) is 19.8 Å². The van der Waals surface area contributed by atoms with Gasteiger partial charge in [-0.2, -0.15) is 0 Å². The molecule has 0 aliphatic carbocycles. The number of anilines is 2. The van der Waals surface area contributed by atoms with Crippen LogP contribution in [0.2, 0.25) is 0 Å². The maximum atomic E-state index is 13.6. The molecule has 0 aromatic heterocycles. The second-order valence-electron chi connectivity index (χ2n) is 11.0. The Morgan fingerprint density at radius 3 is 2.26 bits per heavy atom. The monoisotopic (exact) mass is 528 g/mol. The Kier molecular flexibility index (Phi) is 7.46. The van der Waals surface area contributed by atoms with Gasteiger partial charge in [0.1, 0.15) is 5.76 Å². The number of aliphatic hydroxyl groups excluding tert-OH is 1. The summed E-state index contributed by atoms with van der Waals surface area (Å²) in [4.78, 5) is 30.6. The molecule has 1 aliphatic rings. The fraction of sp³-hybridized carbons (Fsp3) is 0.312. The average Bonchev–Trinajstić information content (AvgIpc) is 3.15. The van der Waals surface area contributed by atoms with Crippen molar-refractivity contribution in [3.63, 3.8) is 0 Å². The van der Waals surface area contributed by atoms with Gasteiger partial charge >= 0.3 is 0 Å². The zero-order valence-corrected chi connectivity index (χ0v) is 23.6. The topological polar surface area (TPSA) is 90.3 Å². The molecule has 7 nitrogen and oxygen atoms in total. The highest BCUT2D eigenvalue weighted by atomic mass is 16.5. The fourth-order valence-corrected chi connectivity index (χ4v) is 4.79. The number of amides is 1. The number of rotatable bonds is 6. The molecule has 3 aromatic carbocycles. The molecule has 1 heterocycles. The van der Waals surface area contributed by atoms with Crippen molar-refractivity contribution in [3.05, 3.63) is 88.5 Å². The van der Waals surface area contributed by atoms with Gasteiger partial charge in [-0.1, -0.05) is 39.0 Å². The SMILES string of the molecule is CCOc1cc(C2/C(=C(\O)c3cc(C(C)(C)C)ccc3C)C(=O)C(=O)N2c2ccc(N(C)C)cc2)ccc1O. The summed E-state index contributed by atoms with van der Waals surface area (Å²) in [7, 11) is 3.84. The molecule has 1 atom stereocenters. The average molecular weight is 529 g/mol. The van der Waals surface area contributed by atoms with Gasteiger partial charge in [0.15, 0.2) is 11.5 Å². The van der Waals surface area contributed by atoms with E-state index in [0.29, 0.717) is 23.4 Å². The van der Waals surface area contributed by atoms with Gasteiger partial charge in [-0.3, -0.25) is 14.5 Å². The highest BCUT2D eigenvalue weighted by Crippen LogP contribution is 2.45. The standard InChI is InChI=1S/C32H36N2O5/c1-8-39-26-17-20(10-16-25(26)35)28-27(29(36)24-18-21(32(3,4)5)11-9-19(24)2)30(37)31(38)34(28)23-14-12-22(13-15-23)33(6)7/h9-18,28,35-36H,8H2,1-7H3/b29-27+. The third-order valence-corrected chi connectivity index (χ3v) is 7.05. The Labute approximate surface area is 230 Å². The molecule has 1 unspecified atom stereocenters. The van der Waals surface area contributed by atoms with Gasteiger partial charge < -0.3 is 19.8 Å². The largest absolute Gasteiger partial charge is 0.507 e. The van der Waals surface area contributed by atoms with Crippen molar-refractivity contribution in [3.8, 4) is 11.5 Å². The van der Waals surface area contributed by atoms with E-state index < -0.39 is 17.7 Å². The molecule has 1 aliphatic heterocycles. The van der Waals surface area contributed by atoms with Crippen LogP contribution in [0.25, 0.3) is 5.76 Å². The van der Waals surface area contributed by atoms with Crippen LogP contribution in [0.3, 0.4) is 0 Å². The molecule has 1 fully saturated rings. The highest BCUT2D eigenvalue weighted by molar-refractivity contribution is 6.51. The van der Waals surface area contributed by atoms with Crippen molar-refractivity contribution < 1.29 is 24.5 Å². The number of nitrogens with zero attached hydrogens (tertiary/aromatic N) is 2. The molecular formula is C32H36N2O5. The molecular weight excluding hydrogens is 492 g/mol. The minimum absolute atomic E-state index is 0.0148. The van der Waals surface area contributed by atoms with Gasteiger partial charge in [-0.15, -0.1) is 0 Å². The first-order valence-electron chi connectivity index (χ1n) is 13.0. The number of phenols is 1. The lowest BCUT2D eigenvalue weighted by Crippen LogP contribution is -2.29. The zero-order chi connectivity index (χ0) is 28.6. The zero-order valence-electron chi connectivity index (χ0n) is 23.6. The minimum Gasteiger partial charge on any atom is -0.507 e. The number of aryl methyl sites for hydroxylation is 1. The smallest absolute Gasteiger partial charge is 0.300 e. The lowest BCUT2D eigenvalue weighted by atomic mass is 9.84. The third-order valence-electron chi connectivity index (χ3n) is 7.05. The predicted molar refractivity (Wildman–Crippen MR) is 155 cm³/mol. The van der Waals surface area contributed by atoms with Crippen molar-refractivity contribution in [2.45, 2.75) is 46.1 Å². The normalized spacial score (nSPS) is 17.0. The second kappa shape index (κ2) is 10.5. The Balaban J connectivity index is 1.98. The van der Waals surface area contributed by atoms with Gasteiger partial charge in [-0.05, 0) is 78.4 Å². The van der Waals surface area contributed by atoms with Crippen molar-refractivity contribution in [2.75, 3.05) is 30.5 Å². The fourth-order valence-electron chi connectivity index (χ4n) is 4.79. The van der Waals surface area contributed by atoms with E-state index in [-0.39, 0.29) is 28.2 Å². The van der Waals surface area contributed by atoms with Crippen LogP contribution in [0.5, 0.6) is 11.5 Å². The molecule has 0 saturated carbocycles. The molecule has 39 heavy (non-hydrogen) atoms. The van der Waals surface area contributed by atoms with Crippen molar-refractivity contribution in [1.29, 1.82) is 0 Å². The summed E-state index contributed by atoms with van der Waals surface area (Å²) in [6.45, 7) is 10.2. The Morgan fingerprint density at radius 2 is 1.67 bits per heavy atom. The molecule has 1 saturated heterocycles. The number of carbonyl (C=O) groups is 2. The summed E-state index contributed by atoms with van der Waals surface area (Å²) in [5.74, 6) is -1.58. The summed E-state index contributed by atoms with van der Waals surface area (Å²) >= 11 is 0. The number of Topliss-reactive ketones (excluding diaryl/α,β-unsaturated/α-hetero) is 1. The van der Waals surface area contributed by atoms with Gasteiger partial charge in [0, 0.05) is 31.0 Å². The summed E-state index contributed by atoms with van der Waals surface area (Å²) in [5.41, 5.74) is 4.04. The van der Waals surface area contributed by atoms with Crippen LogP contribution >= 0.6 is 0 Å². The van der Waals surface area contributed by atoms with E-state index >= 15 is 0 Å². The molecule has 3 aromatic rings. The van der Waals surface area contributed by atoms with Gasteiger partial charge in [-0.25, -0.2) is 0 Å². The van der Waals surface area contributed by atoms with Crippen LogP contribution in [0, 0.1) is 6.92 Å². The summed E-state index contributed by atoms with van der Waals surface area (Å²) in [6, 6.07) is 16.9. The van der Waals surface area contributed by atoms with Gasteiger partial charge in [0.2, 0.25) is 0 Å². The maximum Gasteiger partial charge on any atom is 0.300 e. The van der Waals surface area contributed by atoms with E-state index in [1.54, 1.807) is 31.2 Å². The van der Waals surface area contributed by atoms with E-state index in [1.165, 1.54) is 11.0 Å². The van der Waals surface area contributed by atoms with Crippen LogP contribution in [0.1, 0.15) is 56.0 Å². The molecule has 4 rings (SSSR count). The number of aromatic hydroxyl groups is 1. The van der Waals surface area contributed by atoms with Crippen LogP contribution < -0.4 is 14.5 Å². The molecule has 2 N–H and O–H groups in total. The quantitative estimate of drug-likeness (QED) is 0.229. The third kappa shape index (κ3) is 5.21. The maximum absolute atomic E-state index is 13.6.